The summed E-state index contributed by atoms with van der Waals surface area (Å²) in [6.45, 7) is 4.31. The van der Waals surface area contributed by atoms with Crippen molar-refractivity contribution in [3.05, 3.63) is 48.1 Å². The first-order valence-corrected chi connectivity index (χ1v) is 9.83. The highest BCUT2D eigenvalue weighted by molar-refractivity contribution is 7.89. The van der Waals surface area contributed by atoms with Crippen molar-refractivity contribution in [1.82, 2.24) is 14.4 Å². The van der Waals surface area contributed by atoms with Crippen LogP contribution in [-0.4, -0.2) is 36.5 Å². The summed E-state index contributed by atoms with van der Waals surface area (Å²) >= 11 is 0. The summed E-state index contributed by atoms with van der Waals surface area (Å²) in [6.07, 6.45) is 0.628. The average molecular weight is 375 g/mol. The smallest absolute Gasteiger partial charge is 0.243 e. The Hall–Kier alpha value is -2.45. The van der Waals surface area contributed by atoms with Crippen molar-refractivity contribution in [1.29, 1.82) is 0 Å². The van der Waals surface area contributed by atoms with E-state index < -0.39 is 10.0 Å². The molecular formula is C18H21N3O4S. The Morgan fingerprint density at radius 1 is 1.12 bits per heavy atom. The number of hydrogen-bond acceptors (Lipinski definition) is 6. The lowest BCUT2D eigenvalue weighted by Gasteiger charge is -2.18. The minimum absolute atomic E-state index is 0.0108. The zero-order chi connectivity index (χ0) is 18.7. The molecule has 0 atom stereocenters. The van der Waals surface area contributed by atoms with Crippen molar-refractivity contribution in [2.24, 2.45) is 0 Å². The number of sulfonamides is 1. The van der Waals surface area contributed by atoms with Crippen molar-refractivity contribution >= 4 is 20.8 Å². The molecule has 0 spiro atoms. The Balaban J connectivity index is 1.99. The Morgan fingerprint density at radius 2 is 1.85 bits per heavy atom. The first kappa shape index (κ1) is 18.3. The van der Waals surface area contributed by atoms with Crippen molar-refractivity contribution in [3.8, 4) is 5.75 Å². The van der Waals surface area contributed by atoms with E-state index in [0.717, 1.165) is 5.39 Å². The van der Waals surface area contributed by atoms with Gasteiger partial charge in [-0.25, -0.2) is 8.42 Å². The monoisotopic (exact) mass is 375 g/mol. The minimum Gasteiger partial charge on any atom is -0.493 e. The third-order valence-electron chi connectivity index (χ3n) is 4.02. The lowest BCUT2D eigenvalue weighted by atomic mass is 10.1. The first-order valence-electron chi connectivity index (χ1n) is 8.39. The number of hydrogen-bond donors (Lipinski definition) is 0. The van der Waals surface area contributed by atoms with Gasteiger partial charge in [0.25, 0.3) is 0 Å². The molecule has 0 radical (unpaired) electrons. The number of aryl methyl sites for hydroxylation is 1. The molecule has 1 heterocycles. The molecule has 3 aromatic rings. The predicted molar refractivity (Wildman–Crippen MR) is 97.4 cm³/mol. The van der Waals surface area contributed by atoms with E-state index in [9.17, 15) is 8.42 Å². The zero-order valence-corrected chi connectivity index (χ0v) is 15.8. The van der Waals surface area contributed by atoms with Crippen molar-refractivity contribution in [2.45, 2.75) is 31.7 Å². The molecule has 2 aromatic carbocycles. The number of rotatable bonds is 7. The molecule has 26 heavy (non-hydrogen) atoms. The van der Waals surface area contributed by atoms with Gasteiger partial charge in [-0.2, -0.15) is 9.29 Å². The molecule has 3 rings (SSSR count). The quantitative estimate of drug-likeness (QED) is 0.631. The van der Waals surface area contributed by atoms with Crippen LogP contribution in [0.25, 0.3) is 10.8 Å². The third kappa shape index (κ3) is 3.42. The number of aromatic nitrogens is 2. The lowest BCUT2D eigenvalue weighted by Crippen LogP contribution is -2.27. The van der Waals surface area contributed by atoms with Gasteiger partial charge >= 0.3 is 0 Å². The topological polar surface area (TPSA) is 85.5 Å². The highest BCUT2D eigenvalue weighted by atomic mass is 32.2. The van der Waals surface area contributed by atoms with Gasteiger partial charge in [0.15, 0.2) is 5.82 Å². The van der Waals surface area contributed by atoms with Gasteiger partial charge < -0.3 is 9.26 Å². The summed E-state index contributed by atoms with van der Waals surface area (Å²) in [5, 5.41) is 5.18. The molecule has 0 amide bonds. The van der Waals surface area contributed by atoms with Gasteiger partial charge in [0.2, 0.25) is 15.9 Å². The van der Waals surface area contributed by atoms with Gasteiger partial charge in [0.1, 0.15) is 5.75 Å². The molecule has 0 aliphatic carbocycles. The molecule has 8 heteroatoms. The molecule has 0 unspecified atom stereocenters. The van der Waals surface area contributed by atoms with Crippen LogP contribution in [0.2, 0.25) is 0 Å². The minimum atomic E-state index is -3.74. The molecule has 0 aliphatic heterocycles. The van der Waals surface area contributed by atoms with E-state index >= 15 is 0 Å². The normalized spacial score (nSPS) is 12.0. The van der Waals surface area contributed by atoms with Gasteiger partial charge in [0.05, 0.1) is 18.0 Å². The third-order valence-corrected chi connectivity index (χ3v) is 5.88. The van der Waals surface area contributed by atoms with Crippen LogP contribution in [0.4, 0.5) is 0 Å². The molecule has 0 saturated carbocycles. The summed E-state index contributed by atoms with van der Waals surface area (Å²) in [5.41, 5.74) is 0. The highest BCUT2D eigenvalue weighted by Gasteiger charge is 2.25. The van der Waals surface area contributed by atoms with Gasteiger partial charge in [-0.3, -0.25) is 0 Å². The summed E-state index contributed by atoms with van der Waals surface area (Å²) in [6, 6.07) is 10.6. The molecule has 0 N–H and O–H groups in total. The number of fused-ring (bicyclic) bond motifs is 1. The Labute approximate surface area is 152 Å². The molecule has 0 saturated heterocycles. The molecule has 138 valence electrons. The van der Waals surface area contributed by atoms with E-state index in [0.29, 0.717) is 30.0 Å². The largest absolute Gasteiger partial charge is 0.493 e. The van der Waals surface area contributed by atoms with E-state index in [1.807, 2.05) is 32.0 Å². The predicted octanol–water partition coefficient (Wildman–Crippen LogP) is 3.00. The Morgan fingerprint density at radius 3 is 2.50 bits per heavy atom. The first-order chi connectivity index (χ1) is 12.5. The summed E-state index contributed by atoms with van der Waals surface area (Å²) in [7, 11) is -2.25. The fourth-order valence-corrected chi connectivity index (χ4v) is 4.00. The van der Waals surface area contributed by atoms with Gasteiger partial charge in [-0.05, 0) is 19.1 Å². The van der Waals surface area contributed by atoms with Crippen molar-refractivity contribution < 1.29 is 17.7 Å². The fourth-order valence-electron chi connectivity index (χ4n) is 2.69. The van der Waals surface area contributed by atoms with Crippen LogP contribution in [0.5, 0.6) is 5.75 Å². The number of benzene rings is 2. The van der Waals surface area contributed by atoms with Crippen LogP contribution in [0.3, 0.4) is 0 Å². The van der Waals surface area contributed by atoms with E-state index in [2.05, 4.69) is 10.1 Å². The van der Waals surface area contributed by atoms with Crippen LogP contribution in [-0.2, 0) is 23.0 Å². The van der Waals surface area contributed by atoms with Crippen molar-refractivity contribution in [2.75, 3.05) is 13.7 Å². The second kappa shape index (κ2) is 7.43. The lowest BCUT2D eigenvalue weighted by molar-refractivity contribution is 0.334. The number of ether oxygens (including phenoxy) is 1. The molecule has 0 aliphatic rings. The van der Waals surface area contributed by atoms with E-state index in [-0.39, 0.29) is 17.3 Å². The molecule has 7 nitrogen and oxygen atoms in total. The summed E-state index contributed by atoms with van der Waals surface area (Å²) < 4.78 is 38.1. The van der Waals surface area contributed by atoms with Gasteiger partial charge in [-0.1, -0.05) is 36.3 Å². The van der Waals surface area contributed by atoms with Crippen LogP contribution >= 0.6 is 0 Å². The molecule has 1 aromatic heterocycles. The second-order valence-electron chi connectivity index (χ2n) is 5.76. The summed E-state index contributed by atoms with van der Waals surface area (Å²) in [4.78, 5) is 4.39. The average Bonchev–Trinajstić information content (AvgIpc) is 3.09. The molecule has 0 fully saturated rings. The van der Waals surface area contributed by atoms with E-state index in [4.69, 9.17) is 9.26 Å². The molecular weight excluding hydrogens is 354 g/mol. The Kier molecular flexibility index (Phi) is 5.24. The fraction of sp³-hybridized carbons (Fsp3) is 0.333. The SMILES string of the molecule is CCOc1ccc(S(=O)(=O)N(C)Cc2nc(CC)no2)c2ccccc12. The maximum atomic E-state index is 13.1. The van der Waals surface area contributed by atoms with E-state index in [1.54, 1.807) is 18.2 Å². The van der Waals surface area contributed by atoms with Gasteiger partial charge in [0, 0.05) is 24.2 Å². The maximum absolute atomic E-state index is 13.1. The Bertz CT molecular complexity index is 1010. The van der Waals surface area contributed by atoms with Crippen LogP contribution in [0, 0.1) is 0 Å². The van der Waals surface area contributed by atoms with Crippen LogP contribution < -0.4 is 4.74 Å². The van der Waals surface area contributed by atoms with Crippen LogP contribution in [0.1, 0.15) is 25.6 Å². The zero-order valence-electron chi connectivity index (χ0n) is 15.0. The van der Waals surface area contributed by atoms with Gasteiger partial charge in [-0.15, -0.1) is 0 Å². The van der Waals surface area contributed by atoms with Crippen molar-refractivity contribution in [3.63, 3.8) is 0 Å². The van der Waals surface area contributed by atoms with E-state index in [1.165, 1.54) is 11.4 Å². The highest BCUT2D eigenvalue weighted by Crippen LogP contribution is 2.32. The maximum Gasteiger partial charge on any atom is 0.243 e. The second-order valence-corrected chi connectivity index (χ2v) is 7.77. The summed E-state index contributed by atoms with van der Waals surface area (Å²) in [5.74, 6) is 1.48. The number of nitrogens with zero attached hydrogens (tertiary/aromatic N) is 3. The standard InChI is InChI=1S/C18H21N3O4S/c1-4-17-19-18(25-20-17)12-21(3)26(22,23)16-11-10-15(24-5-2)13-8-6-7-9-14(13)16/h6-11H,4-5,12H2,1-3H3. The molecule has 0 bridgehead atoms. The van der Waals surface area contributed by atoms with Crippen LogP contribution in [0.15, 0.2) is 45.8 Å².